The second-order valence-electron chi connectivity index (χ2n) is 11.5. The molecule has 47 heavy (non-hydrogen) atoms. The number of amides is 3. The van der Waals surface area contributed by atoms with Crippen LogP contribution in [0.1, 0.15) is 44.0 Å². The van der Waals surface area contributed by atoms with Gasteiger partial charge in [-0.25, -0.2) is 13.5 Å². The first-order valence-corrected chi connectivity index (χ1v) is 15.1. The van der Waals surface area contributed by atoms with Crippen LogP contribution >= 0.6 is 0 Å². The number of halogens is 2. The Morgan fingerprint density at radius 1 is 0.936 bits per heavy atom. The summed E-state index contributed by atoms with van der Waals surface area (Å²) in [5, 5.41) is 16.5. The molecule has 0 bridgehead atoms. The third-order valence-corrected chi connectivity index (χ3v) is 8.33. The second-order valence-corrected chi connectivity index (χ2v) is 11.5. The minimum atomic E-state index is -1.06. The van der Waals surface area contributed by atoms with Crippen molar-refractivity contribution in [1.82, 2.24) is 35.1 Å². The van der Waals surface area contributed by atoms with Gasteiger partial charge in [0.2, 0.25) is 5.91 Å². The third-order valence-electron chi connectivity index (χ3n) is 8.33. The standard InChI is InChI=1S/C32H33F2N9O4/c1-40-12-14-41(15-13-40)22-5-3-21(4-6-22)30(45)37-29-24-18-42(19-27(24)38-39-29)28(44)9-10-35-31(46)23-8-11-36-43(32(23)47)17-20-2-7-25(33)26(34)16-20/h2-8,11,16H,9-10,12-15,17-19H2,1H3,(H,35,46)(H2,37,38,39,45). The van der Waals surface area contributed by atoms with Crippen molar-refractivity contribution in [2.24, 2.45) is 0 Å². The molecule has 1 saturated heterocycles. The summed E-state index contributed by atoms with van der Waals surface area (Å²) >= 11 is 0. The van der Waals surface area contributed by atoms with E-state index in [1.54, 1.807) is 17.0 Å². The smallest absolute Gasteiger partial charge is 0.279 e. The number of nitrogens with one attached hydrogen (secondary N) is 3. The quantitative estimate of drug-likeness (QED) is 0.250. The van der Waals surface area contributed by atoms with Gasteiger partial charge in [-0.3, -0.25) is 24.3 Å². The summed E-state index contributed by atoms with van der Waals surface area (Å²) in [6, 6.07) is 11.9. The number of nitrogens with zero attached hydrogens (tertiary/aromatic N) is 6. The monoisotopic (exact) mass is 645 g/mol. The van der Waals surface area contributed by atoms with Crippen LogP contribution in [0.5, 0.6) is 0 Å². The van der Waals surface area contributed by atoms with Crippen LogP contribution in [-0.2, 0) is 24.4 Å². The van der Waals surface area contributed by atoms with Crippen LogP contribution in [0.2, 0.25) is 0 Å². The summed E-state index contributed by atoms with van der Waals surface area (Å²) in [4.78, 5) is 57.6. The normalized spacial score (nSPS) is 14.6. The van der Waals surface area contributed by atoms with Crippen LogP contribution in [-0.4, -0.2) is 87.3 Å². The number of rotatable bonds is 9. The number of carbonyl (C=O) groups excluding carboxylic acids is 3. The molecule has 0 unspecified atom stereocenters. The van der Waals surface area contributed by atoms with Gasteiger partial charge in [0.15, 0.2) is 17.5 Å². The Morgan fingerprint density at radius 2 is 1.70 bits per heavy atom. The number of anilines is 2. The molecule has 0 spiro atoms. The minimum Gasteiger partial charge on any atom is -0.369 e. The van der Waals surface area contributed by atoms with E-state index >= 15 is 0 Å². The summed E-state index contributed by atoms with van der Waals surface area (Å²) in [5.41, 5.74) is 2.36. The molecule has 0 aliphatic carbocycles. The van der Waals surface area contributed by atoms with Crippen LogP contribution in [0.4, 0.5) is 20.3 Å². The molecule has 3 N–H and O–H groups in total. The molecule has 0 saturated carbocycles. The van der Waals surface area contributed by atoms with Crippen LogP contribution in [0.15, 0.2) is 59.5 Å². The van der Waals surface area contributed by atoms with Gasteiger partial charge < -0.3 is 25.3 Å². The maximum Gasteiger partial charge on any atom is 0.279 e. The molecule has 4 heterocycles. The fourth-order valence-corrected chi connectivity index (χ4v) is 5.57. The predicted molar refractivity (Wildman–Crippen MR) is 168 cm³/mol. The molecule has 1 fully saturated rings. The number of aromatic amines is 1. The van der Waals surface area contributed by atoms with E-state index in [-0.39, 0.29) is 50.0 Å². The molecule has 2 aliphatic rings. The Bertz CT molecular complexity index is 1870. The third kappa shape index (κ3) is 7.04. The maximum absolute atomic E-state index is 13.6. The molecule has 0 radical (unpaired) electrons. The van der Waals surface area contributed by atoms with E-state index in [1.165, 1.54) is 18.3 Å². The number of hydrogen-bond acceptors (Lipinski definition) is 8. The zero-order chi connectivity index (χ0) is 33.1. The number of benzene rings is 2. The SMILES string of the molecule is CN1CCN(c2ccc(C(=O)Nc3n[nH]c4c3CN(C(=O)CCNC(=O)c3ccnn(Cc5ccc(F)c(F)c5)c3=O)C4)cc2)CC1. The summed E-state index contributed by atoms with van der Waals surface area (Å²) in [6.07, 6.45) is 1.23. The summed E-state index contributed by atoms with van der Waals surface area (Å²) in [6.45, 7) is 4.14. The predicted octanol–water partition coefficient (Wildman–Crippen LogP) is 1.96. The van der Waals surface area contributed by atoms with E-state index in [0.29, 0.717) is 28.2 Å². The van der Waals surface area contributed by atoms with Crippen LogP contribution in [0, 0.1) is 11.6 Å². The average molecular weight is 646 g/mol. The highest BCUT2D eigenvalue weighted by Gasteiger charge is 2.29. The van der Waals surface area contributed by atoms with E-state index in [0.717, 1.165) is 48.7 Å². The van der Waals surface area contributed by atoms with Gasteiger partial charge in [0, 0.05) is 62.2 Å². The lowest BCUT2D eigenvalue weighted by Gasteiger charge is -2.34. The van der Waals surface area contributed by atoms with Crippen LogP contribution < -0.4 is 21.1 Å². The molecular weight excluding hydrogens is 612 g/mol. The van der Waals surface area contributed by atoms with E-state index < -0.39 is 23.1 Å². The Hall–Kier alpha value is -5.44. The largest absolute Gasteiger partial charge is 0.369 e. The van der Waals surface area contributed by atoms with Crippen molar-refractivity contribution in [1.29, 1.82) is 0 Å². The van der Waals surface area contributed by atoms with Crippen molar-refractivity contribution < 1.29 is 23.2 Å². The molecule has 6 rings (SSSR count). The van der Waals surface area contributed by atoms with E-state index in [1.807, 2.05) is 12.1 Å². The summed E-state index contributed by atoms with van der Waals surface area (Å²) < 4.78 is 27.8. The second kappa shape index (κ2) is 13.5. The van der Waals surface area contributed by atoms with Crippen LogP contribution in [0.3, 0.4) is 0 Å². The number of likely N-dealkylation sites (N-methyl/N-ethyl adjacent to an activating group) is 1. The number of H-pyrrole nitrogens is 1. The Labute approximate surface area is 268 Å². The zero-order valence-electron chi connectivity index (χ0n) is 25.6. The van der Waals surface area contributed by atoms with Crippen molar-refractivity contribution in [2.45, 2.75) is 26.1 Å². The Balaban J connectivity index is 0.992. The van der Waals surface area contributed by atoms with Gasteiger partial charge in [-0.2, -0.15) is 10.2 Å². The highest BCUT2D eigenvalue weighted by Crippen LogP contribution is 2.28. The molecule has 244 valence electrons. The van der Waals surface area contributed by atoms with Crippen LogP contribution in [0.25, 0.3) is 0 Å². The van der Waals surface area contributed by atoms with E-state index in [4.69, 9.17) is 0 Å². The number of carbonyl (C=O) groups is 3. The number of aromatic nitrogens is 4. The van der Waals surface area contributed by atoms with Gasteiger partial charge in [-0.15, -0.1) is 0 Å². The Morgan fingerprint density at radius 3 is 2.45 bits per heavy atom. The fraction of sp³-hybridized carbons (Fsp3) is 0.312. The first kappa shape index (κ1) is 31.5. The van der Waals surface area contributed by atoms with Gasteiger partial charge in [0.25, 0.3) is 17.4 Å². The fourth-order valence-electron chi connectivity index (χ4n) is 5.57. The lowest BCUT2D eigenvalue weighted by atomic mass is 10.1. The molecule has 4 aromatic rings. The van der Waals surface area contributed by atoms with Gasteiger partial charge in [0.1, 0.15) is 5.56 Å². The lowest BCUT2D eigenvalue weighted by Crippen LogP contribution is -2.44. The van der Waals surface area contributed by atoms with Gasteiger partial charge in [-0.05, 0) is 55.1 Å². The highest BCUT2D eigenvalue weighted by molar-refractivity contribution is 6.04. The van der Waals surface area contributed by atoms with Crippen molar-refractivity contribution in [3.05, 3.63) is 105 Å². The molecule has 0 atom stereocenters. The van der Waals surface area contributed by atoms with Crippen molar-refractivity contribution in [3.63, 3.8) is 0 Å². The highest BCUT2D eigenvalue weighted by atomic mass is 19.2. The topological polar surface area (TPSA) is 149 Å². The van der Waals surface area contributed by atoms with Crippen molar-refractivity contribution in [3.8, 4) is 0 Å². The maximum atomic E-state index is 13.6. The molecule has 13 nitrogen and oxygen atoms in total. The molecular formula is C32H33F2N9O4. The zero-order valence-corrected chi connectivity index (χ0v) is 25.6. The first-order chi connectivity index (χ1) is 22.7. The van der Waals surface area contributed by atoms with Crippen molar-refractivity contribution in [2.75, 3.05) is 50.0 Å². The lowest BCUT2D eigenvalue weighted by molar-refractivity contribution is -0.131. The minimum absolute atomic E-state index is 0.0288. The van der Waals surface area contributed by atoms with Crippen molar-refractivity contribution >= 4 is 29.2 Å². The molecule has 3 amide bonds. The first-order valence-electron chi connectivity index (χ1n) is 15.1. The number of fused-ring (bicyclic) bond motifs is 1. The number of piperazine rings is 1. The van der Waals surface area contributed by atoms with Gasteiger partial charge in [0.05, 0.1) is 25.3 Å². The van der Waals surface area contributed by atoms with Gasteiger partial charge >= 0.3 is 0 Å². The molecule has 2 aromatic carbocycles. The summed E-state index contributed by atoms with van der Waals surface area (Å²) in [7, 11) is 2.10. The Kier molecular flexibility index (Phi) is 9.06. The molecule has 2 aromatic heterocycles. The van der Waals surface area contributed by atoms with E-state index in [9.17, 15) is 28.0 Å². The molecule has 15 heteroatoms. The summed E-state index contributed by atoms with van der Waals surface area (Å²) in [5.74, 6) is -2.95. The average Bonchev–Trinajstić information content (AvgIpc) is 3.66. The number of hydrogen-bond donors (Lipinski definition) is 3. The van der Waals surface area contributed by atoms with Gasteiger partial charge in [-0.1, -0.05) is 6.07 Å². The van der Waals surface area contributed by atoms with E-state index in [2.05, 4.69) is 42.8 Å². The molecule has 2 aliphatic heterocycles.